The second-order valence-electron chi connectivity index (χ2n) is 6.13. The number of amides is 1. The number of ketones is 1. The minimum absolute atomic E-state index is 0.103. The highest BCUT2D eigenvalue weighted by atomic mass is 79.9. The van der Waals surface area contributed by atoms with Crippen LogP contribution in [-0.2, 0) is 14.3 Å². The van der Waals surface area contributed by atoms with Crippen molar-refractivity contribution in [2.45, 2.75) is 12.8 Å². The second kappa shape index (κ2) is 9.38. The number of anilines is 1. The highest BCUT2D eigenvalue weighted by molar-refractivity contribution is 9.10. The Labute approximate surface area is 174 Å². The predicted molar refractivity (Wildman–Crippen MR) is 109 cm³/mol. The van der Waals surface area contributed by atoms with E-state index in [4.69, 9.17) is 4.74 Å². The van der Waals surface area contributed by atoms with E-state index in [-0.39, 0.29) is 24.3 Å². The Morgan fingerprint density at radius 1 is 1.03 bits per heavy atom. The molecule has 0 unspecified atom stereocenters. The first-order valence-corrected chi connectivity index (χ1v) is 9.51. The van der Waals surface area contributed by atoms with Gasteiger partial charge in [-0.2, -0.15) is 0 Å². The van der Waals surface area contributed by atoms with Crippen LogP contribution in [0.25, 0.3) is 10.9 Å². The third-order valence-corrected chi connectivity index (χ3v) is 4.77. The first-order valence-electron chi connectivity index (χ1n) is 8.71. The summed E-state index contributed by atoms with van der Waals surface area (Å²) in [4.78, 5) is 40.2. The summed E-state index contributed by atoms with van der Waals surface area (Å²) in [6.07, 6.45) is 1.35. The Bertz CT molecular complexity index is 1070. The van der Waals surface area contributed by atoms with Crippen molar-refractivity contribution in [2.24, 2.45) is 0 Å². The van der Waals surface area contributed by atoms with Crippen LogP contribution < -0.4 is 5.32 Å². The molecule has 0 bridgehead atoms. The van der Waals surface area contributed by atoms with E-state index in [0.717, 1.165) is 22.0 Å². The van der Waals surface area contributed by atoms with Crippen molar-refractivity contribution < 1.29 is 23.5 Å². The Morgan fingerprint density at radius 2 is 1.79 bits per heavy atom. The number of ether oxygens (including phenoxy) is 1. The van der Waals surface area contributed by atoms with Gasteiger partial charge < -0.3 is 10.1 Å². The molecule has 0 aliphatic carbocycles. The molecule has 1 heterocycles. The maximum absolute atomic E-state index is 12.9. The lowest BCUT2D eigenvalue weighted by Gasteiger charge is -2.09. The van der Waals surface area contributed by atoms with Gasteiger partial charge in [0.2, 0.25) is 5.91 Å². The number of halogens is 2. The van der Waals surface area contributed by atoms with Gasteiger partial charge in [0.05, 0.1) is 17.6 Å². The molecule has 1 amide bonds. The zero-order chi connectivity index (χ0) is 20.8. The maximum Gasteiger partial charge on any atom is 0.306 e. The molecule has 0 aliphatic heterocycles. The molecule has 1 aromatic heterocycles. The molecule has 6 nitrogen and oxygen atoms in total. The van der Waals surface area contributed by atoms with E-state index < -0.39 is 24.2 Å². The monoisotopic (exact) mass is 458 g/mol. The van der Waals surface area contributed by atoms with Gasteiger partial charge in [-0.05, 0) is 42.5 Å². The van der Waals surface area contributed by atoms with Gasteiger partial charge in [0.25, 0.3) is 0 Å². The predicted octanol–water partition coefficient (Wildman–Crippen LogP) is 4.28. The average Bonchev–Trinajstić information content (AvgIpc) is 2.73. The van der Waals surface area contributed by atoms with Gasteiger partial charge in [0.15, 0.2) is 12.4 Å². The van der Waals surface area contributed by atoms with E-state index in [2.05, 4.69) is 26.2 Å². The van der Waals surface area contributed by atoms with E-state index in [0.29, 0.717) is 11.2 Å². The number of carbonyl (C=O) groups is 3. The summed E-state index contributed by atoms with van der Waals surface area (Å²) in [5.41, 5.74) is 1.41. The number of carbonyl (C=O) groups excluding carboxylic acids is 3. The van der Waals surface area contributed by atoms with Crippen LogP contribution in [0.2, 0.25) is 0 Å². The van der Waals surface area contributed by atoms with Gasteiger partial charge in [0, 0.05) is 28.0 Å². The highest BCUT2D eigenvalue weighted by Gasteiger charge is 2.13. The van der Waals surface area contributed by atoms with Crippen LogP contribution in [0.5, 0.6) is 0 Å². The summed E-state index contributed by atoms with van der Waals surface area (Å²) in [7, 11) is 0. The fraction of sp³-hybridized carbons (Fsp3) is 0.143. The van der Waals surface area contributed by atoms with Crippen molar-refractivity contribution in [3.05, 3.63) is 70.6 Å². The largest absolute Gasteiger partial charge is 0.457 e. The quantitative estimate of drug-likeness (QED) is 0.421. The molecule has 1 N–H and O–H groups in total. The van der Waals surface area contributed by atoms with E-state index in [1.165, 1.54) is 12.1 Å². The van der Waals surface area contributed by atoms with Crippen molar-refractivity contribution in [1.29, 1.82) is 0 Å². The topological polar surface area (TPSA) is 85.4 Å². The molecule has 0 atom stereocenters. The molecule has 3 rings (SSSR count). The molecule has 3 aromatic rings. The van der Waals surface area contributed by atoms with Gasteiger partial charge in [0.1, 0.15) is 5.82 Å². The van der Waals surface area contributed by atoms with Crippen molar-refractivity contribution in [3.8, 4) is 0 Å². The lowest BCUT2D eigenvalue weighted by atomic mass is 10.1. The van der Waals surface area contributed by atoms with Gasteiger partial charge in [-0.25, -0.2) is 4.39 Å². The summed E-state index contributed by atoms with van der Waals surface area (Å²) in [5, 5.41) is 3.58. The number of Topliss-reactive ketones (excluding diaryl/α,β-unsaturated/α-hetero) is 1. The number of nitrogens with zero attached hydrogens (tertiary/aromatic N) is 1. The van der Waals surface area contributed by atoms with Gasteiger partial charge in [-0.15, -0.1) is 0 Å². The fourth-order valence-electron chi connectivity index (χ4n) is 2.60. The molecular weight excluding hydrogens is 443 g/mol. The van der Waals surface area contributed by atoms with Crippen molar-refractivity contribution in [1.82, 2.24) is 4.98 Å². The molecule has 0 fully saturated rings. The molecule has 0 saturated heterocycles. The number of hydrogen-bond acceptors (Lipinski definition) is 5. The standard InChI is InChI=1S/C21H16BrFN2O4/c22-16-7-8-17(21-15(16)2-1-11-24-21)25-19(27)9-10-20(28)29-12-18(26)13-3-5-14(23)6-4-13/h1-8,11H,9-10,12H2,(H,25,27). The Kier molecular flexibility index (Phi) is 6.66. The summed E-state index contributed by atoms with van der Waals surface area (Å²) in [6, 6.07) is 12.1. The molecule has 29 heavy (non-hydrogen) atoms. The lowest BCUT2D eigenvalue weighted by molar-refractivity contribution is -0.143. The number of fused-ring (bicyclic) bond motifs is 1. The number of pyridine rings is 1. The van der Waals surface area contributed by atoms with E-state index >= 15 is 0 Å². The van der Waals surface area contributed by atoms with Crippen LogP contribution in [0.4, 0.5) is 10.1 Å². The zero-order valence-corrected chi connectivity index (χ0v) is 16.7. The van der Waals surface area contributed by atoms with E-state index in [9.17, 15) is 18.8 Å². The van der Waals surface area contributed by atoms with Crippen LogP contribution in [0, 0.1) is 5.82 Å². The molecule has 148 valence electrons. The summed E-state index contributed by atoms with van der Waals surface area (Å²) in [5.74, 6) is -1.95. The van der Waals surface area contributed by atoms with Gasteiger partial charge >= 0.3 is 5.97 Å². The number of hydrogen-bond donors (Lipinski definition) is 1. The Balaban J connectivity index is 1.49. The second-order valence-corrected chi connectivity index (χ2v) is 6.99. The number of rotatable bonds is 7. The van der Waals surface area contributed by atoms with Crippen LogP contribution in [0.3, 0.4) is 0 Å². The fourth-order valence-corrected chi connectivity index (χ4v) is 3.06. The van der Waals surface area contributed by atoms with Crippen LogP contribution in [-0.4, -0.2) is 29.3 Å². The SMILES string of the molecule is O=C(CCC(=O)OCC(=O)c1ccc(F)cc1)Nc1ccc(Br)c2cccnc12. The Morgan fingerprint density at radius 3 is 2.55 bits per heavy atom. The summed E-state index contributed by atoms with van der Waals surface area (Å²) in [6.45, 7) is -0.465. The first-order chi connectivity index (χ1) is 13.9. The van der Waals surface area contributed by atoms with Crippen LogP contribution >= 0.6 is 15.9 Å². The third kappa shape index (κ3) is 5.45. The Hall–Kier alpha value is -3.13. The molecular formula is C21H16BrFN2O4. The van der Waals surface area contributed by atoms with Crippen molar-refractivity contribution in [3.63, 3.8) is 0 Å². The summed E-state index contributed by atoms with van der Waals surface area (Å²) < 4.78 is 18.6. The molecule has 0 aliphatic rings. The molecule has 0 spiro atoms. The third-order valence-electron chi connectivity index (χ3n) is 4.08. The van der Waals surface area contributed by atoms with Crippen molar-refractivity contribution >= 4 is 50.2 Å². The lowest BCUT2D eigenvalue weighted by Crippen LogP contribution is -2.17. The minimum Gasteiger partial charge on any atom is -0.457 e. The number of benzene rings is 2. The van der Waals surface area contributed by atoms with Crippen LogP contribution in [0.15, 0.2) is 59.2 Å². The average molecular weight is 459 g/mol. The zero-order valence-electron chi connectivity index (χ0n) is 15.2. The normalized spacial score (nSPS) is 10.6. The summed E-state index contributed by atoms with van der Waals surface area (Å²) >= 11 is 3.44. The molecule has 2 aromatic carbocycles. The maximum atomic E-state index is 12.9. The van der Waals surface area contributed by atoms with Gasteiger partial charge in [-0.3, -0.25) is 19.4 Å². The number of nitrogens with one attached hydrogen (secondary N) is 1. The van der Waals surface area contributed by atoms with Gasteiger partial charge in [-0.1, -0.05) is 22.0 Å². The molecule has 0 saturated carbocycles. The first kappa shape index (κ1) is 20.6. The highest BCUT2D eigenvalue weighted by Crippen LogP contribution is 2.28. The van der Waals surface area contributed by atoms with Crippen LogP contribution in [0.1, 0.15) is 23.2 Å². The molecule has 0 radical (unpaired) electrons. The number of aromatic nitrogens is 1. The van der Waals surface area contributed by atoms with E-state index in [1.807, 2.05) is 6.07 Å². The number of esters is 1. The van der Waals surface area contributed by atoms with E-state index in [1.54, 1.807) is 24.4 Å². The minimum atomic E-state index is -0.672. The van der Waals surface area contributed by atoms with Crippen molar-refractivity contribution in [2.75, 3.05) is 11.9 Å². The smallest absolute Gasteiger partial charge is 0.306 e. The molecule has 8 heteroatoms.